The van der Waals surface area contributed by atoms with E-state index < -0.39 is 5.82 Å². The number of morpholine rings is 1. The van der Waals surface area contributed by atoms with Crippen LogP contribution in [0.4, 0.5) is 33.2 Å². The molecule has 0 radical (unpaired) electrons. The highest BCUT2D eigenvalue weighted by Crippen LogP contribution is 2.27. The third kappa shape index (κ3) is 5.80. The monoisotopic (exact) mass is 468 g/mol. The predicted molar refractivity (Wildman–Crippen MR) is 130 cm³/mol. The molecule has 0 unspecified atom stereocenters. The second kappa shape index (κ2) is 10.5. The van der Waals surface area contributed by atoms with E-state index in [1.54, 1.807) is 18.3 Å². The molecule has 1 aliphatic heterocycles. The molecule has 0 spiro atoms. The number of phenols is 1. The molecule has 0 aliphatic carbocycles. The van der Waals surface area contributed by atoms with Crippen molar-refractivity contribution in [2.75, 3.05) is 60.9 Å². The summed E-state index contributed by atoms with van der Waals surface area (Å²) in [4.78, 5) is 16.6. The number of nitrogens with zero attached hydrogens (tertiary/aromatic N) is 5. The van der Waals surface area contributed by atoms with Gasteiger partial charge in [0.25, 0.3) is 0 Å². The van der Waals surface area contributed by atoms with Crippen molar-refractivity contribution in [2.24, 2.45) is 0 Å². The van der Waals surface area contributed by atoms with Crippen molar-refractivity contribution in [3.63, 3.8) is 0 Å². The van der Waals surface area contributed by atoms with E-state index in [0.29, 0.717) is 32.8 Å². The van der Waals surface area contributed by atoms with Crippen LogP contribution in [0.15, 0.2) is 36.7 Å². The van der Waals surface area contributed by atoms with Crippen LogP contribution in [0.2, 0.25) is 0 Å². The molecule has 1 aromatic carbocycles. The largest absolute Gasteiger partial charge is 0.508 e. The van der Waals surface area contributed by atoms with Crippen LogP contribution >= 0.6 is 0 Å². The minimum Gasteiger partial charge on any atom is -0.508 e. The molecular formula is C23H29FN8O2. The van der Waals surface area contributed by atoms with Gasteiger partial charge in [-0.2, -0.15) is 4.98 Å². The second-order valence-electron chi connectivity index (χ2n) is 8.19. The molecule has 1 fully saturated rings. The summed E-state index contributed by atoms with van der Waals surface area (Å²) in [5.41, 5.74) is 10.2. The van der Waals surface area contributed by atoms with E-state index in [4.69, 9.17) is 4.74 Å². The number of nitrogens with one attached hydrogen (secondary N) is 3. The number of hydrazine groups is 1. The van der Waals surface area contributed by atoms with Crippen molar-refractivity contribution < 1.29 is 14.2 Å². The molecule has 4 N–H and O–H groups in total. The van der Waals surface area contributed by atoms with Crippen molar-refractivity contribution in [1.82, 2.24) is 20.4 Å². The Labute approximate surface area is 197 Å². The van der Waals surface area contributed by atoms with Crippen molar-refractivity contribution in [1.29, 1.82) is 0 Å². The summed E-state index contributed by atoms with van der Waals surface area (Å²) >= 11 is 0. The van der Waals surface area contributed by atoms with Gasteiger partial charge in [-0.1, -0.05) is 0 Å². The number of halogens is 1. The van der Waals surface area contributed by atoms with Crippen LogP contribution in [0.5, 0.6) is 5.75 Å². The number of aryl methyl sites for hydroxylation is 1. The first-order valence-electron chi connectivity index (χ1n) is 11.0. The molecule has 0 bridgehead atoms. The lowest BCUT2D eigenvalue weighted by Crippen LogP contribution is -2.37. The number of phenolic OH excluding ortho intramolecular Hbond substituents is 1. The van der Waals surface area contributed by atoms with Gasteiger partial charge in [-0.3, -0.25) is 10.4 Å². The quantitative estimate of drug-likeness (QED) is 0.368. The minimum absolute atomic E-state index is 0.185. The maximum absolute atomic E-state index is 14.2. The highest BCUT2D eigenvalue weighted by molar-refractivity contribution is 5.67. The van der Waals surface area contributed by atoms with Gasteiger partial charge in [-0.05, 0) is 24.6 Å². The average Bonchev–Trinajstić information content (AvgIpc) is 2.81. The van der Waals surface area contributed by atoms with Crippen molar-refractivity contribution in [3.8, 4) is 5.75 Å². The van der Waals surface area contributed by atoms with Gasteiger partial charge in [0.2, 0.25) is 5.95 Å². The number of benzene rings is 1. The Hall–Kier alpha value is -3.70. The van der Waals surface area contributed by atoms with Crippen LogP contribution in [0.1, 0.15) is 11.3 Å². The zero-order chi connectivity index (χ0) is 24.1. The van der Waals surface area contributed by atoms with Gasteiger partial charge in [0, 0.05) is 50.7 Å². The zero-order valence-corrected chi connectivity index (χ0v) is 19.5. The third-order valence-electron chi connectivity index (χ3n) is 5.39. The fourth-order valence-electron chi connectivity index (χ4n) is 3.57. The predicted octanol–water partition coefficient (Wildman–Crippen LogP) is 2.79. The smallest absolute Gasteiger partial charge is 0.239 e. The van der Waals surface area contributed by atoms with E-state index in [0.717, 1.165) is 34.5 Å². The van der Waals surface area contributed by atoms with E-state index in [1.165, 1.54) is 0 Å². The van der Waals surface area contributed by atoms with Crippen LogP contribution in [0, 0.1) is 12.7 Å². The van der Waals surface area contributed by atoms with Crippen LogP contribution in [-0.2, 0) is 11.3 Å². The van der Waals surface area contributed by atoms with Gasteiger partial charge in [0.15, 0.2) is 11.6 Å². The molecule has 180 valence electrons. The number of aromatic nitrogens is 3. The Morgan fingerprint density at radius 3 is 2.62 bits per heavy atom. The zero-order valence-electron chi connectivity index (χ0n) is 19.5. The molecule has 3 aromatic rings. The summed E-state index contributed by atoms with van der Waals surface area (Å²) < 4.78 is 19.5. The Kier molecular flexibility index (Phi) is 7.24. The topological polar surface area (TPSA) is 111 Å². The average molecular weight is 469 g/mol. The second-order valence-corrected chi connectivity index (χ2v) is 8.19. The van der Waals surface area contributed by atoms with Crippen molar-refractivity contribution in [3.05, 3.63) is 53.7 Å². The fraction of sp³-hybridized carbons (Fsp3) is 0.348. The van der Waals surface area contributed by atoms with Crippen molar-refractivity contribution >= 4 is 28.8 Å². The summed E-state index contributed by atoms with van der Waals surface area (Å²) in [6, 6.07) is 7.29. The molecule has 10 nitrogen and oxygen atoms in total. The SMILES string of the molecule is Cc1cc(Nc2cc(O)cc(N(C)C)c2)cnc1CNNc1ncc(F)c(N2CCOCC2)n1. The molecule has 0 atom stereocenters. The van der Waals surface area contributed by atoms with E-state index in [2.05, 4.69) is 31.1 Å². The molecular weight excluding hydrogens is 439 g/mol. The molecule has 3 heterocycles. The molecule has 34 heavy (non-hydrogen) atoms. The summed E-state index contributed by atoms with van der Waals surface area (Å²) in [5.74, 6) is 0.263. The van der Waals surface area contributed by atoms with Crippen LogP contribution < -0.4 is 26.0 Å². The summed E-state index contributed by atoms with van der Waals surface area (Å²) in [7, 11) is 3.83. The number of hydrogen-bond donors (Lipinski definition) is 4. The number of aromatic hydroxyl groups is 1. The van der Waals surface area contributed by atoms with Crippen LogP contribution in [0.25, 0.3) is 0 Å². The lowest BCUT2D eigenvalue weighted by molar-refractivity contribution is 0.122. The molecule has 1 aliphatic rings. The first kappa shape index (κ1) is 23.5. The van der Waals surface area contributed by atoms with Crippen LogP contribution in [-0.4, -0.2) is 60.5 Å². The lowest BCUT2D eigenvalue weighted by Gasteiger charge is -2.28. The first-order valence-corrected chi connectivity index (χ1v) is 11.0. The molecule has 11 heteroatoms. The lowest BCUT2D eigenvalue weighted by atomic mass is 10.2. The van der Waals surface area contributed by atoms with Gasteiger partial charge in [0.1, 0.15) is 5.75 Å². The molecule has 4 rings (SSSR count). The summed E-state index contributed by atoms with van der Waals surface area (Å²) in [6.07, 6.45) is 2.89. The Morgan fingerprint density at radius 2 is 1.88 bits per heavy atom. The maximum atomic E-state index is 14.2. The van der Waals surface area contributed by atoms with Gasteiger partial charge < -0.3 is 25.0 Å². The Balaban J connectivity index is 1.36. The highest BCUT2D eigenvalue weighted by atomic mass is 19.1. The normalized spacial score (nSPS) is 13.6. The maximum Gasteiger partial charge on any atom is 0.239 e. The third-order valence-corrected chi connectivity index (χ3v) is 5.39. The standard InChI is InChI=1S/C23H29FN8O2/c1-15-8-17(28-16-9-18(31(2)3)11-19(33)10-16)12-25-21(15)14-27-30-23-26-13-20(24)22(29-23)32-4-6-34-7-5-32/h8-13,27-28,33H,4-7,14H2,1-3H3,(H,26,29,30). The van der Waals surface area contributed by atoms with Gasteiger partial charge in [0.05, 0.1) is 43.5 Å². The van der Waals surface area contributed by atoms with Gasteiger partial charge in [-0.15, -0.1) is 0 Å². The molecule has 2 aromatic heterocycles. The Bertz CT molecular complexity index is 1140. The number of anilines is 5. The molecule has 0 amide bonds. The Morgan fingerprint density at radius 1 is 1.09 bits per heavy atom. The van der Waals surface area contributed by atoms with Gasteiger partial charge in [-0.25, -0.2) is 14.8 Å². The number of hydrogen-bond acceptors (Lipinski definition) is 10. The molecule has 1 saturated heterocycles. The summed E-state index contributed by atoms with van der Waals surface area (Å²) in [5, 5.41) is 13.3. The highest BCUT2D eigenvalue weighted by Gasteiger charge is 2.17. The van der Waals surface area contributed by atoms with Crippen molar-refractivity contribution in [2.45, 2.75) is 13.5 Å². The number of rotatable bonds is 8. The summed E-state index contributed by atoms with van der Waals surface area (Å²) in [6.45, 7) is 4.64. The van der Waals surface area contributed by atoms with E-state index in [9.17, 15) is 9.50 Å². The van der Waals surface area contributed by atoms with Gasteiger partial charge >= 0.3 is 0 Å². The fourth-order valence-corrected chi connectivity index (χ4v) is 3.57. The van der Waals surface area contributed by atoms with Crippen LogP contribution in [0.3, 0.4) is 0 Å². The number of pyridine rings is 1. The first-order chi connectivity index (χ1) is 16.4. The van der Waals surface area contributed by atoms with E-state index >= 15 is 0 Å². The number of ether oxygens (including phenoxy) is 1. The minimum atomic E-state index is -0.461. The van der Waals surface area contributed by atoms with E-state index in [-0.39, 0.29) is 17.5 Å². The molecule has 0 saturated carbocycles. The van der Waals surface area contributed by atoms with E-state index in [1.807, 2.05) is 43.0 Å².